The second kappa shape index (κ2) is 10.3. The lowest BCUT2D eigenvalue weighted by molar-refractivity contribution is -0.360. The molecule has 14 heteroatoms. The SMILES string of the molecule is [C-]#[N+]c1ccc(OCC2(COS(=O)(=O)CC[NH3+])CN(S(=O)(=O)c3ccc(Cl)cc3Cl)C2)cc1F. The summed E-state index contributed by atoms with van der Waals surface area (Å²) in [7, 11) is -7.88. The maximum absolute atomic E-state index is 13.9. The van der Waals surface area contributed by atoms with E-state index < -0.39 is 31.4 Å². The standard InChI is InChI=1S/C20H20Cl2FN3O6S2/c1-25-18-4-3-15(9-17(18)23)31-12-20(13-32-33(27,28)7-6-24)10-26(11-20)34(29,30)19-5-2-14(21)8-16(19)22/h2-5,8-9H,6-7,10-13,24H2/p+1. The molecule has 0 spiro atoms. The van der Waals surface area contributed by atoms with Crippen LogP contribution in [0.1, 0.15) is 0 Å². The average molecular weight is 553 g/mol. The van der Waals surface area contributed by atoms with Gasteiger partial charge < -0.3 is 10.5 Å². The third kappa shape index (κ3) is 5.98. The third-order valence-electron chi connectivity index (χ3n) is 5.06. The fourth-order valence-electron chi connectivity index (χ4n) is 3.27. The third-order valence-corrected chi connectivity index (χ3v) is 8.83. The number of benzene rings is 2. The van der Waals surface area contributed by atoms with Crippen molar-refractivity contribution >= 4 is 49.0 Å². The molecule has 0 saturated carbocycles. The van der Waals surface area contributed by atoms with E-state index in [0.717, 1.165) is 10.4 Å². The molecule has 0 radical (unpaired) electrons. The van der Waals surface area contributed by atoms with Crippen LogP contribution in [-0.2, 0) is 24.3 Å². The van der Waals surface area contributed by atoms with Crippen molar-refractivity contribution in [3.8, 4) is 5.75 Å². The molecule has 0 amide bonds. The van der Waals surface area contributed by atoms with Crippen LogP contribution < -0.4 is 10.5 Å². The minimum Gasteiger partial charge on any atom is -0.493 e. The molecular formula is C20H21Cl2FN3O6S2+. The largest absolute Gasteiger partial charge is 0.493 e. The number of quaternary nitrogens is 1. The summed E-state index contributed by atoms with van der Waals surface area (Å²) in [6.07, 6.45) is 0. The number of nitrogens with zero attached hydrogens (tertiary/aromatic N) is 2. The highest BCUT2D eigenvalue weighted by Crippen LogP contribution is 2.38. The topological polar surface area (TPSA) is 122 Å². The van der Waals surface area contributed by atoms with E-state index in [4.69, 9.17) is 38.7 Å². The predicted octanol–water partition coefficient (Wildman–Crippen LogP) is 2.34. The molecular weight excluding hydrogens is 532 g/mol. The van der Waals surface area contributed by atoms with Gasteiger partial charge in [0.15, 0.2) is 0 Å². The van der Waals surface area contributed by atoms with Crippen LogP contribution in [0.15, 0.2) is 41.3 Å². The van der Waals surface area contributed by atoms with Gasteiger partial charge in [0, 0.05) is 24.2 Å². The zero-order valence-electron chi connectivity index (χ0n) is 17.7. The van der Waals surface area contributed by atoms with Crippen molar-refractivity contribution in [3.05, 3.63) is 63.7 Å². The molecule has 9 nitrogen and oxygen atoms in total. The van der Waals surface area contributed by atoms with Crippen molar-refractivity contribution in [3.63, 3.8) is 0 Å². The van der Waals surface area contributed by atoms with Gasteiger partial charge in [-0.3, -0.25) is 4.18 Å². The van der Waals surface area contributed by atoms with E-state index in [1.165, 1.54) is 30.3 Å². The summed E-state index contributed by atoms with van der Waals surface area (Å²) >= 11 is 11.9. The van der Waals surface area contributed by atoms with Gasteiger partial charge in [-0.1, -0.05) is 23.2 Å². The monoisotopic (exact) mass is 552 g/mol. The highest BCUT2D eigenvalue weighted by Gasteiger charge is 2.50. The van der Waals surface area contributed by atoms with Crippen molar-refractivity contribution in [2.45, 2.75) is 4.90 Å². The van der Waals surface area contributed by atoms with Crippen LogP contribution in [0.5, 0.6) is 5.75 Å². The molecule has 0 unspecified atom stereocenters. The summed E-state index contributed by atoms with van der Waals surface area (Å²) < 4.78 is 75.9. The van der Waals surface area contributed by atoms with Crippen molar-refractivity contribution in [1.82, 2.24) is 4.31 Å². The second-order valence-corrected chi connectivity index (χ2v) is 12.2. The molecule has 3 rings (SSSR count). The van der Waals surface area contributed by atoms with Crippen molar-refractivity contribution in [1.29, 1.82) is 0 Å². The minimum atomic E-state index is -4.00. The lowest BCUT2D eigenvalue weighted by atomic mass is 9.83. The predicted molar refractivity (Wildman–Crippen MR) is 123 cm³/mol. The molecule has 1 aliphatic rings. The van der Waals surface area contributed by atoms with Gasteiger partial charge in [0.2, 0.25) is 15.7 Å². The number of hydrogen-bond donors (Lipinski definition) is 1. The summed E-state index contributed by atoms with van der Waals surface area (Å²) in [4.78, 5) is 2.89. The Morgan fingerprint density at radius 1 is 1.12 bits per heavy atom. The van der Waals surface area contributed by atoms with Crippen molar-refractivity contribution in [2.75, 3.05) is 38.6 Å². The number of sulfonamides is 1. The van der Waals surface area contributed by atoms with Crippen LogP contribution in [0.3, 0.4) is 0 Å². The second-order valence-electron chi connectivity index (χ2n) is 7.74. The smallest absolute Gasteiger partial charge is 0.272 e. The molecule has 1 fully saturated rings. The molecule has 0 bridgehead atoms. The van der Waals surface area contributed by atoms with Gasteiger partial charge in [-0.2, -0.15) is 12.7 Å². The van der Waals surface area contributed by atoms with E-state index in [1.807, 2.05) is 0 Å². The Kier molecular flexibility index (Phi) is 8.09. The molecule has 0 aromatic heterocycles. The molecule has 34 heavy (non-hydrogen) atoms. The Morgan fingerprint density at radius 2 is 1.82 bits per heavy atom. The summed E-state index contributed by atoms with van der Waals surface area (Å²) in [5, 5.41) is 0.224. The zero-order chi connectivity index (χ0) is 25.1. The molecule has 1 saturated heterocycles. The Balaban J connectivity index is 1.80. The number of ether oxygens (including phenoxy) is 1. The van der Waals surface area contributed by atoms with Crippen LogP contribution in [0.25, 0.3) is 4.85 Å². The van der Waals surface area contributed by atoms with E-state index in [9.17, 15) is 21.2 Å². The number of rotatable bonds is 10. The maximum atomic E-state index is 13.9. The van der Waals surface area contributed by atoms with E-state index >= 15 is 0 Å². The highest BCUT2D eigenvalue weighted by molar-refractivity contribution is 7.89. The lowest BCUT2D eigenvalue weighted by Gasteiger charge is -2.48. The van der Waals surface area contributed by atoms with Gasteiger partial charge >= 0.3 is 0 Å². The zero-order valence-corrected chi connectivity index (χ0v) is 20.9. The van der Waals surface area contributed by atoms with E-state index in [2.05, 4.69) is 10.6 Å². The first-order valence-electron chi connectivity index (χ1n) is 9.83. The number of hydrogen-bond acceptors (Lipinski definition) is 6. The van der Waals surface area contributed by atoms with Crippen molar-refractivity contribution in [2.24, 2.45) is 5.41 Å². The maximum Gasteiger partial charge on any atom is 0.272 e. The van der Waals surface area contributed by atoms with Gasteiger partial charge in [0.05, 0.1) is 36.8 Å². The van der Waals surface area contributed by atoms with Crippen LogP contribution in [0.2, 0.25) is 10.0 Å². The quantitative estimate of drug-likeness (QED) is 0.356. The summed E-state index contributed by atoms with van der Waals surface area (Å²) in [6.45, 7) is 6.25. The first-order valence-corrected chi connectivity index (χ1v) is 13.6. The van der Waals surface area contributed by atoms with Gasteiger partial charge in [-0.25, -0.2) is 17.7 Å². The van der Waals surface area contributed by atoms with Gasteiger partial charge in [-0.05, 0) is 30.3 Å². The Labute approximate surface area is 207 Å². The summed E-state index contributed by atoms with van der Waals surface area (Å²) in [5.41, 5.74) is 2.28. The molecule has 2 aromatic rings. The van der Waals surface area contributed by atoms with Gasteiger partial charge in [0.1, 0.15) is 22.2 Å². The van der Waals surface area contributed by atoms with E-state index in [0.29, 0.717) is 0 Å². The fourth-order valence-corrected chi connectivity index (χ4v) is 6.59. The molecule has 1 heterocycles. The van der Waals surface area contributed by atoms with Crippen LogP contribution in [0.4, 0.5) is 10.1 Å². The van der Waals surface area contributed by atoms with Gasteiger partial charge in [0.25, 0.3) is 10.1 Å². The van der Waals surface area contributed by atoms with Gasteiger partial charge in [-0.15, -0.1) is 0 Å². The Hall–Kier alpha value is -1.98. The molecule has 0 atom stereocenters. The first-order chi connectivity index (χ1) is 15.9. The minimum absolute atomic E-state index is 0.0501. The highest BCUT2D eigenvalue weighted by atomic mass is 35.5. The van der Waals surface area contributed by atoms with E-state index in [-0.39, 0.29) is 65.0 Å². The summed E-state index contributed by atoms with van der Waals surface area (Å²) in [6, 6.07) is 7.66. The molecule has 184 valence electrons. The normalized spacial score (nSPS) is 16.0. The van der Waals surface area contributed by atoms with Crippen molar-refractivity contribution < 1.29 is 35.9 Å². The molecule has 0 aliphatic carbocycles. The molecule has 1 aliphatic heterocycles. The lowest BCUT2D eigenvalue weighted by Crippen LogP contribution is -2.63. The fraction of sp³-hybridized carbons (Fsp3) is 0.350. The molecule has 2 aromatic carbocycles. The molecule has 3 N–H and O–H groups in total. The Morgan fingerprint density at radius 3 is 2.41 bits per heavy atom. The van der Waals surface area contributed by atoms with Crippen LogP contribution >= 0.6 is 23.2 Å². The first kappa shape index (κ1) is 26.6. The van der Waals surface area contributed by atoms with Crippen LogP contribution in [0, 0.1) is 17.8 Å². The van der Waals surface area contributed by atoms with Crippen LogP contribution in [-0.4, -0.2) is 59.7 Å². The Bertz CT molecular complexity index is 1330. The summed E-state index contributed by atoms with van der Waals surface area (Å²) in [5.74, 6) is -0.965. The average Bonchev–Trinajstić information content (AvgIpc) is 2.72. The van der Waals surface area contributed by atoms with E-state index in [1.54, 1.807) is 0 Å². The number of halogens is 3.